The Kier molecular flexibility index (Phi) is 9.83. The molecule has 1 fully saturated rings. The number of benzene rings is 3. The lowest BCUT2D eigenvalue weighted by atomic mass is 9.94. The molecule has 0 heterocycles. The van der Waals surface area contributed by atoms with Crippen LogP contribution in [0.4, 0.5) is 0 Å². The molecule has 0 aliphatic heterocycles. The Morgan fingerprint density at radius 2 is 1.61 bits per heavy atom. The van der Waals surface area contributed by atoms with Gasteiger partial charge in [0.05, 0.1) is 0 Å². The first-order valence-electron chi connectivity index (χ1n) is 13.5. The maximum Gasteiger partial charge on any atom is 0.261 e. The van der Waals surface area contributed by atoms with Crippen molar-refractivity contribution < 1.29 is 14.3 Å². The van der Waals surface area contributed by atoms with E-state index in [0.717, 1.165) is 47.9 Å². The third kappa shape index (κ3) is 8.09. The zero-order valence-corrected chi connectivity index (χ0v) is 23.0. The van der Waals surface area contributed by atoms with Gasteiger partial charge < -0.3 is 15.0 Å². The summed E-state index contributed by atoms with van der Waals surface area (Å²) in [5.41, 5.74) is 3.99. The van der Waals surface area contributed by atoms with Crippen LogP contribution in [0.5, 0.6) is 5.75 Å². The second kappa shape index (κ2) is 13.5. The summed E-state index contributed by atoms with van der Waals surface area (Å²) in [6.07, 6.45) is 5.79. The molecule has 1 saturated carbocycles. The van der Waals surface area contributed by atoms with E-state index in [4.69, 9.17) is 16.3 Å². The molecule has 0 spiro atoms. The minimum absolute atomic E-state index is 0.123. The summed E-state index contributed by atoms with van der Waals surface area (Å²) in [5, 5.41) is 3.85. The summed E-state index contributed by atoms with van der Waals surface area (Å²) in [4.78, 5) is 29.3. The molecule has 1 N–H and O–H groups in total. The number of carbonyl (C=O) groups excluding carboxylic acids is 2. The summed E-state index contributed by atoms with van der Waals surface area (Å²) >= 11 is 6.27. The number of nitrogens with zero attached hydrogens (tertiary/aromatic N) is 1. The van der Waals surface area contributed by atoms with Crippen LogP contribution in [-0.4, -0.2) is 35.4 Å². The number of hydrogen-bond donors (Lipinski definition) is 1. The van der Waals surface area contributed by atoms with Gasteiger partial charge in [0.1, 0.15) is 11.8 Å². The van der Waals surface area contributed by atoms with Crippen LogP contribution in [0.1, 0.15) is 54.4 Å². The molecule has 6 heteroatoms. The van der Waals surface area contributed by atoms with Gasteiger partial charge in [0, 0.05) is 24.0 Å². The summed E-state index contributed by atoms with van der Waals surface area (Å²) in [7, 11) is 0. The Bertz CT molecular complexity index is 1200. The zero-order valence-electron chi connectivity index (χ0n) is 22.3. The van der Waals surface area contributed by atoms with Gasteiger partial charge in [-0.1, -0.05) is 79.4 Å². The van der Waals surface area contributed by atoms with Crippen molar-refractivity contribution in [2.75, 3.05) is 6.61 Å². The van der Waals surface area contributed by atoms with E-state index in [1.807, 2.05) is 74.5 Å². The molecule has 5 nitrogen and oxygen atoms in total. The van der Waals surface area contributed by atoms with Crippen LogP contribution in [0.3, 0.4) is 0 Å². The van der Waals surface area contributed by atoms with Crippen molar-refractivity contribution in [2.24, 2.45) is 0 Å². The molecule has 0 radical (unpaired) electrons. The highest BCUT2D eigenvalue weighted by molar-refractivity contribution is 6.30. The van der Waals surface area contributed by atoms with Crippen molar-refractivity contribution in [3.05, 3.63) is 100 Å². The standard InChI is InChI=1S/C32H37ClN2O3/c1-23-16-24(2)18-29(17-23)38-22-31(36)35(21-26-12-9-13-27(33)19-26)30(20-25-10-5-3-6-11-25)32(37)34-28-14-7-4-8-15-28/h3,5-6,9-13,16-19,28,30H,4,7-8,14-15,20-22H2,1-2H3,(H,34,37)/t30-/m0/s1. The molecule has 0 bridgehead atoms. The second-order valence-electron chi connectivity index (χ2n) is 10.3. The minimum atomic E-state index is -0.686. The van der Waals surface area contributed by atoms with E-state index in [9.17, 15) is 9.59 Å². The number of aryl methyl sites for hydroxylation is 2. The Labute approximate surface area is 231 Å². The first-order valence-corrected chi connectivity index (χ1v) is 13.8. The quantitative estimate of drug-likeness (QED) is 0.327. The summed E-state index contributed by atoms with van der Waals surface area (Å²) in [6, 6.07) is 22.6. The fourth-order valence-corrected chi connectivity index (χ4v) is 5.39. The van der Waals surface area contributed by atoms with Crippen LogP contribution in [0.15, 0.2) is 72.8 Å². The Morgan fingerprint density at radius 1 is 0.921 bits per heavy atom. The molecule has 2 amide bonds. The molecule has 1 atom stereocenters. The molecule has 1 aliphatic rings. The number of hydrogen-bond acceptors (Lipinski definition) is 3. The maximum atomic E-state index is 13.8. The van der Waals surface area contributed by atoms with Gasteiger partial charge in [0.2, 0.25) is 5.91 Å². The largest absolute Gasteiger partial charge is 0.484 e. The molecule has 200 valence electrons. The zero-order chi connectivity index (χ0) is 26.9. The van der Waals surface area contributed by atoms with E-state index in [1.54, 1.807) is 11.0 Å². The SMILES string of the molecule is Cc1cc(C)cc(OCC(=O)N(Cc2cccc(Cl)c2)[C@@H](Cc2ccccc2)C(=O)NC2CCCCC2)c1. The van der Waals surface area contributed by atoms with Gasteiger partial charge in [-0.05, 0) is 73.2 Å². The van der Waals surface area contributed by atoms with E-state index in [0.29, 0.717) is 17.2 Å². The molecule has 3 aromatic rings. The number of carbonyl (C=O) groups is 2. The van der Waals surface area contributed by atoms with E-state index in [-0.39, 0.29) is 31.0 Å². The van der Waals surface area contributed by atoms with Gasteiger partial charge in [-0.2, -0.15) is 0 Å². The van der Waals surface area contributed by atoms with Crippen LogP contribution in [0, 0.1) is 13.8 Å². The normalized spacial score (nSPS) is 14.5. The average molecular weight is 533 g/mol. The molecular formula is C32H37ClN2O3. The molecule has 38 heavy (non-hydrogen) atoms. The van der Waals surface area contributed by atoms with Gasteiger partial charge in [-0.3, -0.25) is 9.59 Å². The fourth-order valence-electron chi connectivity index (χ4n) is 5.17. The Balaban J connectivity index is 1.62. The number of rotatable bonds is 10. The van der Waals surface area contributed by atoms with Crippen LogP contribution in [0.2, 0.25) is 5.02 Å². The van der Waals surface area contributed by atoms with Gasteiger partial charge in [-0.25, -0.2) is 0 Å². The van der Waals surface area contributed by atoms with Crippen molar-refractivity contribution in [2.45, 2.75) is 71.0 Å². The van der Waals surface area contributed by atoms with Crippen LogP contribution in [0.25, 0.3) is 0 Å². The third-order valence-corrected chi connectivity index (χ3v) is 7.26. The highest BCUT2D eigenvalue weighted by atomic mass is 35.5. The topological polar surface area (TPSA) is 58.6 Å². The van der Waals surface area contributed by atoms with Gasteiger partial charge in [0.15, 0.2) is 6.61 Å². The summed E-state index contributed by atoms with van der Waals surface area (Å²) in [6.45, 7) is 4.09. The first-order chi connectivity index (χ1) is 18.4. The van der Waals surface area contributed by atoms with Crippen LogP contribution in [-0.2, 0) is 22.6 Å². The monoisotopic (exact) mass is 532 g/mol. The average Bonchev–Trinajstić information content (AvgIpc) is 2.90. The van der Waals surface area contributed by atoms with E-state index in [2.05, 4.69) is 11.4 Å². The van der Waals surface area contributed by atoms with Crippen molar-refractivity contribution in [1.29, 1.82) is 0 Å². The van der Waals surface area contributed by atoms with Crippen molar-refractivity contribution in [3.63, 3.8) is 0 Å². The lowest BCUT2D eigenvalue weighted by Gasteiger charge is -2.33. The predicted octanol–water partition coefficient (Wildman–Crippen LogP) is 6.42. The Hall–Kier alpha value is -3.31. The maximum absolute atomic E-state index is 13.8. The van der Waals surface area contributed by atoms with E-state index in [1.165, 1.54) is 6.42 Å². The van der Waals surface area contributed by atoms with Gasteiger partial charge in [0.25, 0.3) is 5.91 Å². The lowest BCUT2D eigenvalue weighted by molar-refractivity contribution is -0.143. The van der Waals surface area contributed by atoms with E-state index < -0.39 is 6.04 Å². The first kappa shape index (κ1) is 27.7. The van der Waals surface area contributed by atoms with Crippen LogP contribution < -0.4 is 10.1 Å². The molecular weight excluding hydrogens is 496 g/mol. The number of halogens is 1. The smallest absolute Gasteiger partial charge is 0.261 e. The molecule has 1 aliphatic carbocycles. The fraction of sp³-hybridized carbons (Fsp3) is 0.375. The number of amides is 2. The second-order valence-corrected chi connectivity index (χ2v) is 10.7. The van der Waals surface area contributed by atoms with Crippen molar-refractivity contribution in [3.8, 4) is 5.75 Å². The number of nitrogens with one attached hydrogen (secondary N) is 1. The van der Waals surface area contributed by atoms with Crippen molar-refractivity contribution in [1.82, 2.24) is 10.2 Å². The van der Waals surface area contributed by atoms with Crippen molar-refractivity contribution >= 4 is 23.4 Å². The van der Waals surface area contributed by atoms with Crippen LogP contribution >= 0.6 is 11.6 Å². The lowest BCUT2D eigenvalue weighted by Crippen LogP contribution is -2.53. The Morgan fingerprint density at radius 3 is 2.29 bits per heavy atom. The van der Waals surface area contributed by atoms with Gasteiger partial charge >= 0.3 is 0 Å². The molecule has 0 saturated heterocycles. The van der Waals surface area contributed by atoms with E-state index >= 15 is 0 Å². The van der Waals surface area contributed by atoms with Gasteiger partial charge in [-0.15, -0.1) is 0 Å². The molecule has 4 rings (SSSR count). The summed E-state index contributed by atoms with van der Waals surface area (Å²) < 4.78 is 5.95. The highest BCUT2D eigenvalue weighted by Gasteiger charge is 2.32. The minimum Gasteiger partial charge on any atom is -0.484 e. The molecule has 0 aromatic heterocycles. The third-order valence-electron chi connectivity index (χ3n) is 7.02. The highest BCUT2D eigenvalue weighted by Crippen LogP contribution is 2.21. The summed E-state index contributed by atoms with van der Waals surface area (Å²) in [5.74, 6) is 0.274. The number of ether oxygens (including phenoxy) is 1. The predicted molar refractivity (Wildman–Crippen MR) is 152 cm³/mol. The molecule has 3 aromatic carbocycles. The molecule has 0 unspecified atom stereocenters.